The molecule has 0 heterocycles. The summed E-state index contributed by atoms with van der Waals surface area (Å²) in [4.78, 5) is 12.4. The first-order valence-electron chi connectivity index (χ1n) is 27.1. The van der Waals surface area contributed by atoms with Gasteiger partial charge in [0.1, 0.15) is 0 Å². The number of unbranched alkanes of at least 4 members (excludes halogenated alkanes) is 25. The Bertz CT molecular complexity index is 1230. The zero-order chi connectivity index (χ0) is 46.3. The van der Waals surface area contributed by atoms with Gasteiger partial charge in [-0.25, -0.2) is 0 Å². The van der Waals surface area contributed by atoms with E-state index in [0.29, 0.717) is 6.42 Å². The number of aliphatic hydroxyl groups is 2. The number of allylic oxidation sites excluding steroid dienone is 17. The number of rotatable bonds is 48. The van der Waals surface area contributed by atoms with Gasteiger partial charge in [0.15, 0.2) is 0 Å². The van der Waals surface area contributed by atoms with Gasteiger partial charge in [0.05, 0.1) is 18.8 Å². The lowest BCUT2D eigenvalue weighted by Crippen LogP contribution is -2.45. The van der Waals surface area contributed by atoms with E-state index in [-0.39, 0.29) is 12.5 Å². The summed E-state index contributed by atoms with van der Waals surface area (Å²) in [5.74, 6) is -0.0802. The fraction of sp³-hybridized carbons (Fsp3) is 0.683. The highest BCUT2D eigenvalue weighted by molar-refractivity contribution is 5.76. The normalized spacial score (nSPS) is 13.8. The Morgan fingerprint density at radius 3 is 1.09 bits per heavy atom. The molecule has 0 aliphatic rings. The van der Waals surface area contributed by atoms with E-state index in [4.69, 9.17) is 0 Å². The van der Waals surface area contributed by atoms with Crippen LogP contribution in [0.5, 0.6) is 0 Å². The van der Waals surface area contributed by atoms with Gasteiger partial charge in [0.25, 0.3) is 0 Å². The molecule has 3 N–H and O–H groups in total. The lowest BCUT2D eigenvalue weighted by atomic mass is 10.0. The molecule has 0 aromatic carbocycles. The molecule has 2 unspecified atom stereocenters. The third kappa shape index (κ3) is 50.1. The summed E-state index contributed by atoms with van der Waals surface area (Å²) in [6.45, 7) is 4.16. The van der Waals surface area contributed by atoms with E-state index in [9.17, 15) is 15.0 Å². The molecule has 64 heavy (non-hydrogen) atoms. The highest BCUT2D eigenvalue weighted by Crippen LogP contribution is 2.15. The molecule has 0 aromatic rings. The molecule has 0 spiro atoms. The van der Waals surface area contributed by atoms with Crippen LogP contribution in [0.2, 0.25) is 0 Å². The van der Waals surface area contributed by atoms with E-state index >= 15 is 0 Å². The highest BCUT2D eigenvalue weighted by Gasteiger charge is 2.17. The van der Waals surface area contributed by atoms with Crippen molar-refractivity contribution < 1.29 is 15.0 Å². The van der Waals surface area contributed by atoms with Crippen molar-refractivity contribution in [3.63, 3.8) is 0 Å². The van der Waals surface area contributed by atoms with E-state index in [1.54, 1.807) is 6.08 Å². The minimum atomic E-state index is -0.874. The van der Waals surface area contributed by atoms with Crippen LogP contribution < -0.4 is 5.32 Å². The Kier molecular flexibility index (Phi) is 51.9. The second kappa shape index (κ2) is 54.4. The van der Waals surface area contributed by atoms with Crippen molar-refractivity contribution in [2.24, 2.45) is 0 Å². The maximum atomic E-state index is 12.4. The van der Waals surface area contributed by atoms with Gasteiger partial charge in [0.2, 0.25) is 5.91 Å². The molecule has 0 radical (unpaired) electrons. The largest absolute Gasteiger partial charge is 0.394 e. The summed E-state index contributed by atoms with van der Waals surface area (Å²) in [7, 11) is 0. The molecule has 366 valence electrons. The average molecular weight is 886 g/mol. The first kappa shape index (κ1) is 61.1. The molecular formula is C60H103NO3. The summed E-state index contributed by atoms with van der Waals surface area (Å²) in [5, 5.41) is 23.0. The molecule has 0 bridgehead atoms. The van der Waals surface area contributed by atoms with Gasteiger partial charge in [-0.3, -0.25) is 4.79 Å². The molecule has 0 aliphatic heterocycles. The number of aliphatic hydroxyl groups excluding tert-OH is 2. The van der Waals surface area contributed by atoms with Crippen molar-refractivity contribution in [3.8, 4) is 0 Å². The number of nitrogens with one attached hydrogen (secondary N) is 1. The lowest BCUT2D eigenvalue weighted by molar-refractivity contribution is -0.123. The molecule has 4 heteroatoms. The van der Waals surface area contributed by atoms with Crippen LogP contribution in [0, 0.1) is 0 Å². The molecule has 0 saturated carbocycles. The van der Waals surface area contributed by atoms with Crippen LogP contribution in [-0.4, -0.2) is 34.9 Å². The standard InChI is InChI=1S/C60H103NO3/c1-3-5-7-9-11-13-15-17-19-20-21-22-23-24-25-26-27-28-29-30-31-32-33-34-35-36-37-38-39-40-42-44-46-48-50-52-54-56-60(64)61-58(57-62)59(63)55-53-51-49-47-45-43-41-18-16-14-12-10-8-6-4-2/h5,7,11,13,16-19,21-22,24-25,27-28,45,47,53,55,58-59,62-63H,3-4,6,8-10,12,14-15,20,23,26,29-44,46,48-52,54,56-57H2,1-2H3,(H,61,64)/b7-5-,13-11-,18-16+,19-17-,22-21-,25-24-,28-27-,47-45+,55-53+. The van der Waals surface area contributed by atoms with Crippen molar-refractivity contribution in [1.82, 2.24) is 5.32 Å². The fourth-order valence-corrected chi connectivity index (χ4v) is 7.63. The monoisotopic (exact) mass is 886 g/mol. The van der Waals surface area contributed by atoms with E-state index in [2.05, 4.69) is 116 Å². The van der Waals surface area contributed by atoms with Gasteiger partial charge in [0, 0.05) is 6.42 Å². The van der Waals surface area contributed by atoms with Gasteiger partial charge in [-0.15, -0.1) is 0 Å². The Morgan fingerprint density at radius 1 is 0.391 bits per heavy atom. The van der Waals surface area contributed by atoms with Gasteiger partial charge in [-0.2, -0.15) is 0 Å². The van der Waals surface area contributed by atoms with Crippen molar-refractivity contribution in [3.05, 3.63) is 109 Å². The van der Waals surface area contributed by atoms with Crippen LogP contribution in [0.4, 0.5) is 0 Å². The predicted octanol–water partition coefficient (Wildman–Crippen LogP) is 17.9. The average Bonchev–Trinajstić information content (AvgIpc) is 3.30. The van der Waals surface area contributed by atoms with Crippen molar-refractivity contribution in [2.45, 2.75) is 257 Å². The van der Waals surface area contributed by atoms with Crippen LogP contribution in [-0.2, 0) is 4.79 Å². The Balaban J connectivity index is 3.52. The molecule has 0 aromatic heterocycles. The van der Waals surface area contributed by atoms with Crippen molar-refractivity contribution in [2.75, 3.05) is 6.61 Å². The van der Waals surface area contributed by atoms with Crippen LogP contribution in [0.1, 0.15) is 245 Å². The maximum absolute atomic E-state index is 12.4. The number of carbonyl (C=O) groups excluding carboxylic acids is 1. The van der Waals surface area contributed by atoms with Crippen LogP contribution >= 0.6 is 0 Å². The summed E-state index contributed by atoms with van der Waals surface area (Å²) in [6.07, 6.45) is 82.4. The summed E-state index contributed by atoms with van der Waals surface area (Å²) >= 11 is 0. The minimum absolute atomic E-state index is 0.0802. The third-order valence-electron chi connectivity index (χ3n) is 11.7. The Hall–Kier alpha value is -2.95. The first-order chi connectivity index (χ1) is 31.7. The lowest BCUT2D eigenvalue weighted by Gasteiger charge is -2.19. The van der Waals surface area contributed by atoms with Gasteiger partial charge < -0.3 is 15.5 Å². The Labute approximate surface area is 397 Å². The van der Waals surface area contributed by atoms with Crippen LogP contribution in [0.15, 0.2) is 109 Å². The molecule has 0 rings (SSSR count). The fourth-order valence-electron chi connectivity index (χ4n) is 7.63. The first-order valence-corrected chi connectivity index (χ1v) is 27.1. The smallest absolute Gasteiger partial charge is 0.220 e. The Morgan fingerprint density at radius 2 is 0.703 bits per heavy atom. The number of hydrogen-bond donors (Lipinski definition) is 3. The van der Waals surface area contributed by atoms with Crippen molar-refractivity contribution >= 4 is 5.91 Å². The number of hydrogen-bond acceptors (Lipinski definition) is 3. The van der Waals surface area contributed by atoms with Gasteiger partial charge in [-0.05, 0) is 96.3 Å². The molecular weight excluding hydrogens is 783 g/mol. The van der Waals surface area contributed by atoms with E-state index in [1.165, 1.54) is 148 Å². The summed E-state index contributed by atoms with van der Waals surface area (Å²) in [5.41, 5.74) is 0. The van der Waals surface area contributed by atoms with Crippen molar-refractivity contribution in [1.29, 1.82) is 0 Å². The van der Waals surface area contributed by atoms with E-state index in [1.807, 2.05) is 6.08 Å². The highest BCUT2D eigenvalue weighted by atomic mass is 16.3. The van der Waals surface area contributed by atoms with Crippen LogP contribution in [0.25, 0.3) is 0 Å². The molecule has 0 aliphatic carbocycles. The SMILES string of the molecule is CC/C=C\C/C=C\C/C=C\C/C=C\C/C=C\C/C=C\CCCCCCCCCCCCCCCCCCCCC(=O)NC(CO)C(O)/C=C/CC/C=C/CC/C=C/CCCCCCC. The third-order valence-corrected chi connectivity index (χ3v) is 11.7. The predicted molar refractivity (Wildman–Crippen MR) is 285 cm³/mol. The summed E-state index contributed by atoms with van der Waals surface area (Å²) < 4.78 is 0. The van der Waals surface area contributed by atoms with E-state index in [0.717, 1.165) is 77.0 Å². The molecule has 4 nitrogen and oxygen atoms in total. The van der Waals surface area contributed by atoms with E-state index < -0.39 is 12.1 Å². The number of carbonyl (C=O) groups is 1. The molecule has 2 atom stereocenters. The molecule has 0 fully saturated rings. The van der Waals surface area contributed by atoms with Gasteiger partial charge >= 0.3 is 0 Å². The topological polar surface area (TPSA) is 69.6 Å². The minimum Gasteiger partial charge on any atom is -0.394 e. The molecule has 1 amide bonds. The zero-order valence-electron chi connectivity index (χ0n) is 42.0. The van der Waals surface area contributed by atoms with Crippen LogP contribution in [0.3, 0.4) is 0 Å². The maximum Gasteiger partial charge on any atom is 0.220 e. The number of amides is 1. The second-order valence-corrected chi connectivity index (χ2v) is 17.9. The zero-order valence-corrected chi connectivity index (χ0v) is 42.0. The second-order valence-electron chi connectivity index (χ2n) is 17.9. The summed E-state index contributed by atoms with van der Waals surface area (Å²) in [6, 6.07) is -0.649. The molecule has 0 saturated heterocycles. The quantitative estimate of drug-likeness (QED) is 0.0421. The van der Waals surface area contributed by atoms with Gasteiger partial charge in [-0.1, -0.05) is 252 Å².